The number of aryl methyl sites for hydroxylation is 1. The molecular weight excluding hydrogens is 218 g/mol. The van der Waals surface area contributed by atoms with E-state index < -0.39 is 0 Å². The summed E-state index contributed by atoms with van der Waals surface area (Å²) in [7, 11) is 1.51. The van der Waals surface area contributed by atoms with Crippen LogP contribution in [-0.2, 0) is 16.1 Å². The largest absolute Gasteiger partial charge is 0.426 e. The first kappa shape index (κ1) is 13.2. The molecule has 0 aliphatic heterocycles. The van der Waals surface area contributed by atoms with Crippen LogP contribution >= 0.6 is 0 Å². The number of carbonyl (C=O) groups excluding carboxylic acids is 1. The quantitative estimate of drug-likeness (QED) is 0.348. The van der Waals surface area contributed by atoms with E-state index in [2.05, 4.69) is 5.16 Å². The van der Waals surface area contributed by atoms with E-state index in [0.717, 1.165) is 16.8 Å². The highest BCUT2D eigenvalue weighted by atomic mass is 16.6. The van der Waals surface area contributed by atoms with Crippen LogP contribution in [0, 0.1) is 6.92 Å². The Morgan fingerprint density at radius 2 is 2.06 bits per heavy atom. The van der Waals surface area contributed by atoms with Crippen molar-refractivity contribution in [3.8, 4) is 5.75 Å². The van der Waals surface area contributed by atoms with E-state index in [1.54, 1.807) is 6.07 Å². The van der Waals surface area contributed by atoms with Crippen LogP contribution in [0.25, 0.3) is 0 Å². The Morgan fingerprint density at radius 1 is 1.35 bits per heavy atom. The molecule has 0 saturated carbocycles. The van der Waals surface area contributed by atoms with Gasteiger partial charge in [0.2, 0.25) is 0 Å². The zero-order valence-electron chi connectivity index (χ0n) is 10.6. The number of rotatable bonds is 4. The molecule has 0 radical (unpaired) electrons. The minimum Gasteiger partial charge on any atom is -0.426 e. The molecule has 0 amide bonds. The molecule has 0 aromatic heterocycles. The van der Waals surface area contributed by atoms with Gasteiger partial charge in [-0.3, -0.25) is 4.79 Å². The first-order valence-corrected chi connectivity index (χ1v) is 5.37. The number of hydrogen-bond acceptors (Lipinski definition) is 4. The highest BCUT2D eigenvalue weighted by molar-refractivity contribution is 5.84. The average Bonchev–Trinajstić information content (AvgIpc) is 2.22. The first-order valence-electron chi connectivity index (χ1n) is 5.37. The molecule has 0 aliphatic rings. The molecule has 0 heterocycles. The van der Waals surface area contributed by atoms with Crippen LogP contribution in [0.2, 0.25) is 0 Å². The molecule has 1 aromatic carbocycles. The number of esters is 1. The lowest BCUT2D eigenvalue weighted by Crippen LogP contribution is -2.07. The number of ether oxygens (including phenoxy) is 1. The molecule has 0 fully saturated rings. The van der Waals surface area contributed by atoms with Crippen molar-refractivity contribution in [3.05, 3.63) is 29.3 Å². The van der Waals surface area contributed by atoms with Crippen molar-refractivity contribution in [2.45, 2.75) is 27.2 Å². The Bertz CT molecular complexity index is 438. The minimum atomic E-state index is -0.323. The Balaban J connectivity index is 2.98. The van der Waals surface area contributed by atoms with Gasteiger partial charge >= 0.3 is 5.97 Å². The standard InChI is InChI=1S/C13H17NO3/c1-9-5-6-13(17-11(3)15)12(7-9)8-10(2)14-16-4/h5-7H,8H2,1-4H3/b14-10+. The van der Waals surface area contributed by atoms with Gasteiger partial charge in [-0.15, -0.1) is 0 Å². The van der Waals surface area contributed by atoms with E-state index in [1.807, 2.05) is 26.0 Å². The summed E-state index contributed by atoms with van der Waals surface area (Å²) >= 11 is 0. The maximum absolute atomic E-state index is 11.0. The van der Waals surface area contributed by atoms with Crippen molar-refractivity contribution in [2.75, 3.05) is 7.11 Å². The Hall–Kier alpha value is -1.84. The lowest BCUT2D eigenvalue weighted by molar-refractivity contribution is -0.131. The van der Waals surface area contributed by atoms with E-state index in [9.17, 15) is 4.79 Å². The third-order valence-electron chi connectivity index (χ3n) is 2.16. The third kappa shape index (κ3) is 4.26. The fourth-order valence-electron chi connectivity index (χ4n) is 1.56. The molecule has 1 rings (SSSR count). The maximum Gasteiger partial charge on any atom is 0.308 e. The van der Waals surface area contributed by atoms with Crippen LogP contribution in [0.3, 0.4) is 0 Å². The SMILES string of the molecule is CO/N=C(\C)Cc1cc(C)ccc1OC(C)=O. The van der Waals surface area contributed by atoms with Gasteiger partial charge in [0.1, 0.15) is 12.9 Å². The van der Waals surface area contributed by atoms with Crippen LogP contribution in [-0.4, -0.2) is 18.8 Å². The lowest BCUT2D eigenvalue weighted by Gasteiger charge is -2.09. The third-order valence-corrected chi connectivity index (χ3v) is 2.16. The van der Waals surface area contributed by atoms with E-state index in [1.165, 1.54) is 14.0 Å². The summed E-state index contributed by atoms with van der Waals surface area (Å²) in [6.07, 6.45) is 0.595. The molecule has 0 unspecified atom stereocenters. The van der Waals surface area contributed by atoms with Crippen molar-refractivity contribution < 1.29 is 14.4 Å². The number of hydrogen-bond donors (Lipinski definition) is 0. The van der Waals surface area contributed by atoms with Gasteiger partial charge in [0, 0.05) is 18.9 Å². The fraction of sp³-hybridized carbons (Fsp3) is 0.385. The van der Waals surface area contributed by atoms with E-state index in [-0.39, 0.29) is 5.97 Å². The van der Waals surface area contributed by atoms with E-state index in [4.69, 9.17) is 9.57 Å². The van der Waals surface area contributed by atoms with Gasteiger partial charge in [-0.1, -0.05) is 22.9 Å². The second-order valence-electron chi connectivity index (χ2n) is 3.89. The molecule has 1 aromatic rings. The molecule has 0 atom stereocenters. The smallest absolute Gasteiger partial charge is 0.308 e. The minimum absolute atomic E-state index is 0.323. The zero-order valence-corrected chi connectivity index (χ0v) is 10.6. The van der Waals surface area contributed by atoms with Gasteiger partial charge in [0.25, 0.3) is 0 Å². The van der Waals surface area contributed by atoms with Gasteiger partial charge in [-0.25, -0.2) is 0 Å². The molecule has 0 saturated heterocycles. The highest BCUT2D eigenvalue weighted by Crippen LogP contribution is 2.21. The van der Waals surface area contributed by atoms with Gasteiger partial charge in [-0.2, -0.15) is 0 Å². The first-order chi connectivity index (χ1) is 8.02. The Kier molecular flexibility index (Phi) is 4.69. The molecule has 0 spiro atoms. The highest BCUT2D eigenvalue weighted by Gasteiger charge is 2.08. The molecule has 92 valence electrons. The van der Waals surface area contributed by atoms with Crippen molar-refractivity contribution in [1.29, 1.82) is 0 Å². The number of benzene rings is 1. The Labute approximate surface area is 101 Å². The maximum atomic E-state index is 11.0. The van der Waals surface area contributed by atoms with Crippen LogP contribution in [0.15, 0.2) is 23.4 Å². The molecular formula is C13H17NO3. The zero-order chi connectivity index (χ0) is 12.8. The van der Waals surface area contributed by atoms with Gasteiger partial charge in [0.05, 0.1) is 5.71 Å². The monoisotopic (exact) mass is 235 g/mol. The van der Waals surface area contributed by atoms with Crippen LogP contribution in [0.4, 0.5) is 0 Å². The Morgan fingerprint density at radius 3 is 2.65 bits per heavy atom. The number of carbonyl (C=O) groups is 1. The number of nitrogens with zero attached hydrogens (tertiary/aromatic N) is 1. The topological polar surface area (TPSA) is 47.9 Å². The molecule has 4 nitrogen and oxygen atoms in total. The van der Waals surface area contributed by atoms with Gasteiger partial charge in [-0.05, 0) is 19.9 Å². The lowest BCUT2D eigenvalue weighted by atomic mass is 10.1. The molecule has 0 bridgehead atoms. The van der Waals surface area contributed by atoms with Crippen LogP contribution in [0.5, 0.6) is 5.75 Å². The van der Waals surface area contributed by atoms with Gasteiger partial charge < -0.3 is 9.57 Å². The molecule has 0 N–H and O–H groups in total. The van der Waals surface area contributed by atoms with Crippen LogP contribution < -0.4 is 4.74 Å². The summed E-state index contributed by atoms with van der Waals surface area (Å²) in [6, 6.07) is 5.68. The fourth-order valence-corrected chi connectivity index (χ4v) is 1.56. The predicted octanol–water partition coefficient (Wildman–Crippen LogP) is 2.49. The van der Waals surface area contributed by atoms with Gasteiger partial charge in [0.15, 0.2) is 0 Å². The summed E-state index contributed by atoms with van der Waals surface area (Å²) in [5, 5.41) is 3.85. The summed E-state index contributed by atoms with van der Waals surface area (Å²) in [6.45, 7) is 5.24. The second kappa shape index (κ2) is 6.03. The van der Waals surface area contributed by atoms with E-state index in [0.29, 0.717) is 12.2 Å². The second-order valence-corrected chi connectivity index (χ2v) is 3.89. The number of oxime groups is 1. The van der Waals surface area contributed by atoms with Crippen molar-refractivity contribution in [1.82, 2.24) is 0 Å². The summed E-state index contributed by atoms with van der Waals surface area (Å²) < 4.78 is 5.14. The molecule has 17 heavy (non-hydrogen) atoms. The normalized spacial score (nSPS) is 11.2. The van der Waals surface area contributed by atoms with Crippen molar-refractivity contribution >= 4 is 11.7 Å². The summed E-state index contributed by atoms with van der Waals surface area (Å²) in [5.74, 6) is 0.255. The predicted molar refractivity (Wildman–Crippen MR) is 66.3 cm³/mol. The van der Waals surface area contributed by atoms with E-state index >= 15 is 0 Å². The van der Waals surface area contributed by atoms with Crippen molar-refractivity contribution in [3.63, 3.8) is 0 Å². The molecule has 4 heteroatoms. The molecule has 0 aliphatic carbocycles. The van der Waals surface area contributed by atoms with Crippen molar-refractivity contribution in [2.24, 2.45) is 5.16 Å². The summed E-state index contributed by atoms with van der Waals surface area (Å²) in [5.41, 5.74) is 2.87. The average molecular weight is 235 g/mol. The summed E-state index contributed by atoms with van der Waals surface area (Å²) in [4.78, 5) is 15.7. The van der Waals surface area contributed by atoms with Crippen LogP contribution in [0.1, 0.15) is 25.0 Å².